The van der Waals surface area contributed by atoms with Gasteiger partial charge in [0.05, 0.1) is 0 Å². The van der Waals surface area contributed by atoms with Crippen LogP contribution in [0.2, 0.25) is 0 Å². The molecule has 0 aromatic heterocycles. The quantitative estimate of drug-likeness (QED) is 0.303. The largest absolute Gasteiger partial charge is 1.00 e. The zero-order valence-electron chi connectivity index (χ0n) is 14.3. The van der Waals surface area contributed by atoms with Gasteiger partial charge in [0.1, 0.15) is 0 Å². The third kappa shape index (κ3) is 9.89. The zero-order valence-corrected chi connectivity index (χ0v) is 19.9. The molecule has 0 heterocycles. The van der Waals surface area contributed by atoms with Crippen molar-refractivity contribution in [3.8, 4) is 0 Å². The summed E-state index contributed by atoms with van der Waals surface area (Å²) in [5.41, 5.74) is 0.105. The molecule has 27 heavy (non-hydrogen) atoms. The van der Waals surface area contributed by atoms with Gasteiger partial charge in [-0.3, -0.25) is 14.2 Å². The molecule has 0 atom stereocenters. The normalized spacial score (nSPS) is 10.7. The maximum absolute atomic E-state index is 12.2. The van der Waals surface area contributed by atoms with Gasteiger partial charge in [-0.1, -0.05) is 12.1 Å². The molecule has 2 aromatic carbocycles. The van der Waals surface area contributed by atoms with Gasteiger partial charge in [0.15, 0.2) is 20.6 Å². The molecule has 3 N–H and O–H groups in total. The predicted octanol–water partition coefficient (Wildman–Crippen LogP) is -5.31. The molecule has 0 bridgehead atoms. The van der Waals surface area contributed by atoms with Crippen molar-refractivity contribution >= 4 is 43.6 Å². The molecule has 0 unspecified atom stereocenters. The van der Waals surface area contributed by atoms with E-state index in [9.17, 15) is 30.7 Å². The Morgan fingerprint density at radius 2 is 1.19 bits per heavy atom. The number of carbonyl (C=O) groups excluding carboxylic acids is 1. The molecule has 0 aliphatic carbocycles. The molecule has 0 spiro atoms. The van der Waals surface area contributed by atoms with E-state index in [0.717, 1.165) is 6.07 Å². The van der Waals surface area contributed by atoms with Crippen LogP contribution in [0.25, 0.3) is 0 Å². The van der Waals surface area contributed by atoms with Crippen molar-refractivity contribution in [3.05, 3.63) is 54.1 Å². The first-order valence-electron chi connectivity index (χ1n) is 6.51. The van der Waals surface area contributed by atoms with Gasteiger partial charge in [0.2, 0.25) is 0 Å². The molecule has 10 nitrogen and oxygen atoms in total. The van der Waals surface area contributed by atoms with E-state index < -0.39 is 26.5 Å². The van der Waals surface area contributed by atoms with E-state index in [2.05, 4.69) is 5.32 Å². The smallest absolute Gasteiger partial charge is 0.731 e. The molecule has 0 aliphatic heterocycles. The second-order valence-electron chi connectivity index (χ2n) is 4.73. The van der Waals surface area contributed by atoms with Crippen molar-refractivity contribution < 1.29 is 89.9 Å². The van der Waals surface area contributed by atoms with Crippen LogP contribution in [0.15, 0.2) is 48.5 Å². The minimum Gasteiger partial charge on any atom is -0.731 e. The van der Waals surface area contributed by atoms with Gasteiger partial charge in [-0.25, -0.2) is 16.8 Å². The van der Waals surface area contributed by atoms with Crippen LogP contribution in [-0.2, 0) is 20.6 Å². The van der Waals surface area contributed by atoms with Crippen LogP contribution in [0.3, 0.4) is 0 Å². The van der Waals surface area contributed by atoms with Crippen molar-refractivity contribution in [1.82, 2.24) is 0 Å². The maximum Gasteiger partial charge on any atom is 1.00 e. The number of amides is 1. The Kier molecular flexibility index (Phi) is 10.5. The molecule has 0 fully saturated rings. The first-order valence-corrected chi connectivity index (χ1v) is 9.32. The number of anilines is 3. The third-order valence-corrected chi connectivity index (χ3v) is 3.70. The molecular weight excluding hydrogens is 420 g/mol. The summed E-state index contributed by atoms with van der Waals surface area (Å²) in [6.45, 7) is 0. The van der Waals surface area contributed by atoms with Gasteiger partial charge in [0.25, 0.3) is 5.91 Å². The standard InChI is InChI=1S/C13H13N3O7S2.2Na/c17-13(9-3-1-5-11(7-9)15-24(18,19)20)14-10-4-2-6-12(8-10)16-25(21,22)23;;/h1-8,15-16H,(H,14,17)(H,18,19,20)(H,21,22,23);;/q;2*+1/p-2. The Morgan fingerprint density at radius 1 is 0.741 bits per heavy atom. The van der Waals surface area contributed by atoms with Crippen LogP contribution in [0, 0.1) is 0 Å². The van der Waals surface area contributed by atoms with Gasteiger partial charge in [-0.2, -0.15) is 0 Å². The van der Waals surface area contributed by atoms with E-state index in [1.54, 1.807) is 9.44 Å². The van der Waals surface area contributed by atoms with Crippen molar-refractivity contribution in [1.29, 1.82) is 0 Å². The van der Waals surface area contributed by atoms with Crippen molar-refractivity contribution in [2.24, 2.45) is 0 Å². The topological polar surface area (TPSA) is 168 Å². The Hall–Kier alpha value is -0.670. The summed E-state index contributed by atoms with van der Waals surface area (Å²) in [6, 6.07) is 10.6. The minimum absolute atomic E-state index is 0. The number of benzene rings is 2. The van der Waals surface area contributed by atoms with E-state index in [4.69, 9.17) is 0 Å². The molecule has 0 saturated carbocycles. The Labute approximate surface area is 200 Å². The van der Waals surface area contributed by atoms with Gasteiger partial charge >= 0.3 is 59.1 Å². The summed E-state index contributed by atoms with van der Waals surface area (Å²) in [5.74, 6) is -0.644. The van der Waals surface area contributed by atoms with Crippen LogP contribution in [0.5, 0.6) is 0 Å². The number of carbonyl (C=O) groups is 1. The first kappa shape index (κ1) is 26.3. The summed E-state index contributed by atoms with van der Waals surface area (Å²) in [4.78, 5) is 12.2. The van der Waals surface area contributed by atoms with Crippen molar-refractivity contribution in [3.63, 3.8) is 0 Å². The van der Waals surface area contributed by atoms with E-state index >= 15 is 0 Å². The molecule has 0 saturated heterocycles. The second-order valence-corrected chi connectivity index (χ2v) is 6.95. The molecule has 2 rings (SSSR count). The van der Waals surface area contributed by atoms with Gasteiger partial charge in [-0.15, -0.1) is 0 Å². The number of hydrogen-bond donors (Lipinski definition) is 3. The fourth-order valence-electron chi connectivity index (χ4n) is 1.88. The Bertz CT molecular complexity index is 1010. The summed E-state index contributed by atoms with van der Waals surface area (Å²) < 4.78 is 67.5. The maximum atomic E-state index is 12.2. The fraction of sp³-hybridized carbons (Fsp3) is 0. The van der Waals surface area contributed by atoms with E-state index in [0.29, 0.717) is 0 Å². The summed E-state index contributed by atoms with van der Waals surface area (Å²) in [7, 11) is -9.43. The first-order chi connectivity index (χ1) is 11.5. The molecule has 0 aliphatic rings. The second kappa shape index (κ2) is 10.8. The van der Waals surface area contributed by atoms with Gasteiger partial charge in [0, 0.05) is 22.6 Å². The van der Waals surface area contributed by atoms with Crippen LogP contribution in [0.1, 0.15) is 10.4 Å². The summed E-state index contributed by atoms with van der Waals surface area (Å²) >= 11 is 0. The molecule has 1 amide bonds. The summed E-state index contributed by atoms with van der Waals surface area (Å²) in [6.07, 6.45) is 0. The SMILES string of the molecule is O=C(Nc1cccc(NS(=O)(=O)[O-])c1)c1cccc(NS(=O)(=O)[O-])c1.[Na+].[Na+]. The Balaban J connectivity index is 0.00000338. The molecule has 134 valence electrons. The average molecular weight is 431 g/mol. The predicted molar refractivity (Wildman–Crippen MR) is 87.5 cm³/mol. The molecule has 14 heteroatoms. The zero-order chi connectivity index (χ0) is 18.7. The van der Waals surface area contributed by atoms with Crippen LogP contribution >= 0.6 is 0 Å². The van der Waals surface area contributed by atoms with Gasteiger partial charge in [-0.05, 0) is 36.4 Å². The van der Waals surface area contributed by atoms with Crippen molar-refractivity contribution in [2.75, 3.05) is 14.8 Å². The molecule has 2 aromatic rings. The van der Waals surface area contributed by atoms with Crippen LogP contribution in [0.4, 0.5) is 17.1 Å². The minimum atomic E-state index is -4.73. The van der Waals surface area contributed by atoms with Crippen LogP contribution < -0.4 is 73.9 Å². The monoisotopic (exact) mass is 431 g/mol. The van der Waals surface area contributed by atoms with E-state index in [1.165, 1.54) is 42.5 Å². The molecular formula is C13H11N3Na2O7S2. The fourth-order valence-corrected chi connectivity index (χ4v) is 2.71. The summed E-state index contributed by atoms with van der Waals surface area (Å²) in [5, 5.41) is 2.44. The Morgan fingerprint density at radius 3 is 1.70 bits per heavy atom. The third-order valence-electron chi connectivity index (χ3n) is 2.73. The van der Waals surface area contributed by atoms with Crippen LogP contribution in [-0.4, -0.2) is 31.8 Å². The van der Waals surface area contributed by atoms with Gasteiger partial charge < -0.3 is 14.4 Å². The number of rotatable bonds is 6. The van der Waals surface area contributed by atoms with Crippen molar-refractivity contribution in [2.45, 2.75) is 0 Å². The average Bonchev–Trinajstić information content (AvgIpc) is 2.44. The van der Waals surface area contributed by atoms with E-state index in [-0.39, 0.29) is 81.7 Å². The number of hydrogen-bond acceptors (Lipinski definition) is 7. The van der Waals surface area contributed by atoms with E-state index in [1.807, 2.05) is 0 Å². The number of nitrogens with one attached hydrogen (secondary N) is 3. The molecule has 0 radical (unpaired) electrons.